The number of amides is 1. The minimum Gasteiger partial charge on any atom is -0.354 e. The molecule has 0 unspecified atom stereocenters. The lowest BCUT2D eigenvalue weighted by molar-refractivity contribution is -0.120. The van der Waals surface area contributed by atoms with Gasteiger partial charge >= 0.3 is 0 Å². The lowest BCUT2D eigenvalue weighted by atomic mass is 10.4. The van der Waals surface area contributed by atoms with Crippen LogP contribution in [0.4, 0.5) is 0 Å². The molecule has 0 radical (unpaired) electrons. The highest BCUT2D eigenvalue weighted by atomic mass is 16.5. The fourth-order valence-electron chi connectivity index (χ4n) is 1.02. The van der Waals surface area contributed by atoms with Gasteiger partial charge in [0.1, 0.15) is 0 Å². The lowest BCUT2D eigenvalue weighted by Gasteiger charge is -2.03. The van der Waals surface area contributed by atoms with E-state index in [0.29, 0.717) is 31.8 Å². The van der Waals surface area contributed by atoms with Crippen molar-refractivity contribution in [3.8, 4) is 6.07 Å². The summed E-state index contributed by atoms with van der Waals surface area (Å²) in [6.45, 7) is 1.20. The van der Waals surface area contributed by atoms with Crippen LogP contribution in [0.15, 0.2) is 10.9 Å². The zero-order chi connectivity index (χ0) is 11.6. The maximum atomic E-state index is 11.1. The highest BCUT2D eigenvalue weighted by Gasteiger charge is 2.01. The Morgan fingerprint density at radius 2 is 2.44 bits per heavy atom. The minimum atomic E-state index is -0.124. The maximum Gasteiger partial charge on any atom is 0.233 e. The van der Waals surface area contributed by atoms with Crippen molar-refractivity contribution in [2.75, 3.05) is 19.6 Å². The van der Waals surface area contributed by atoms with Crippen molar-refractivity contribution < 1.29 is 9.32 Å². The Balaban J connectivity index is 1.98. The van der Waals surface area contributed by atoms with Crippen molar-refractivity contribution in [2.24, 2.45) is 0 Å². The SMILES string of the molecule is N#CCCNC(=O)CNCCc1ncno1. The molecular formula is C9H13N5O2. The molecule has 1 aromatic heterocycles. The van der Waals surface area contributed by atoms with Gasteiger partial charge in [-0.25, -0.2) is 0 Å². The van der Waals surface area contributed by atoms with Crippen LogP contribution in [0, 0.1) is 11.3 Å². The molecular weight excluding hydrogens is 210 g/mol. The van der Waals surface area contributed by atoms with Gasteiger partial charge in [-0.1, -0.05) is 5.16 Å². The number of nitrogens with zero attached hydrogens (tertiary/aromatic N) is 3. The third-order valence-corrected chi connectivity index (χ3v) is 1.77. The molecule has 0 aromatic carbocycles. The molecule has 0 aliphatic heterocycles. The molecule has 2 N–H and O–H groups in total. The first-order chi connectivity index (χ1) is 7.83. The van der Waals surface area contributed by atoms with Gasteiger partial charge in [0.15, 0.2) is 6.33 Å². The average molecular weight is 223 g/mol. The predicted octanol–water partition coefficient (Wildman–Crippen LogP) is -0.768. The van der Waals surface area contributed by atoms with Gasteiger partial charge < -0.3 is 15.2 Å². The van der Waals surface area contributed by atoms with Crippen LogP contribution in [-0.4, -0.2) is 35.7 Å². The number of nitriles is 1. The molecule has 0 fully saturated rings. The summed E-state index contributed by atoms with van der Waals surface area (Å²) in [4.78, 5) is 15.0. The molecule has 7 nitrogen and oxygen atoms in total. The molecule has 0 aliphatic rings. The van der Waals surface area contributed by atoms with E-state index in [1.54, 1.807) is 0 Å². The summed E-state index contributed by atoms with van der Waals surface area (Å²) in [6, 6.07) is 1.95. The zero-order valence-corrected chi connectivity index (χ0v) is 8.77. The van der Waals surface area contributed by atoms with Gasteiger partial charge in [-0.05, 0) is 0 Å². The van der Waals surface area contributed by atoms with Crippen molar-refractivity contribution in [3.63, 3.8) is 0 Å². The number of hydrogen-bond donors (Lipinski definition) is 2. The second-order valence-corrected chi connectivity index (χ2v) is 3.02. The van der Waals surface area contributed by atoms with Crippen molar-refractivity contribution >= 4 is 5.91 Å². The number of rotatable bonds is 7. The summed E-state index contributed by atoms with van der Waals surface area (Å²) >= 11 is 0. The number of nitrogens with one attached hydrogen (secondary N) is 2. The van der Waals surface area contributed by atoms with Crippen molar-refractivity contribution in [2.45, 2.75) is 12.8 Å². The van der Waals surface area contributed by atoms with Crippen LogP contribution in [0.1, 0.15) is 12.3 Å². The molecule has 0 atom stereocenters. The molecule has 0 aliphatic carbocycles. The maximum absolute atomic E-state index is 11.1. The summed E-state index contributed by atoms with van der Waals surface area (Å²) in [5.74, 6) is 0.415. The van der Waals surface area contributed by atoms with E-state index in [1.165, 1.54) is 6.33 Å². The standard InChI is InChI=1S/C9H13N5O2/c10-3-1-4-12-8(15)6-11-5-2-9-13-7-14-16-9/h7,11H,1-2,4-6H2,(H,12,15). The van der Waals surface area contributed by atoms with Gasteiger partial charge in [0, 0.05) is 19.5 Å². The molecule has 16 heavy (non-hydrogen) atoms. The molecule has 1 heterocycles. The van der Waals surface area contributed by atoms with Crippen LogP contribution in [0.25, 0.3) is 0 Å². The number of carbonyl (C=O) groups is 1. The van der Waals surface area contributed by atoms with E-state index in [1.807, 2.05) is 6.07 Å². The van der Waals surface area contributed by atoms with Crippen LogP contribution >= 0.6 is 0 Å². The average Bonchev–Trinajstić information content (AvgIpc) is 2.78. The second kappa shape index (κ2) is 7.36. The summed E-state index contributed by atoms with van der Waals surface area (Å²) in [7, 11) is 0. The normalized spacial score (nSPS) is 9.69. The minimum absolute atomic E-state index is 0.124. The van der Waals surface area contributed by atoms with Crippen LogP contribution in [0.2, 0.25) is 0 Å². The third kappa shape index (κ3) is 5.07. The van der Waals surface area contributed by atoms with Gasteiger partial charge in [0.05, 0.1) is 19.0 Å². The van der Waals surface area contributed by atoms with Crippen molar-refractivity contribution in [3.05, 3.63) is 12.2 Å². The smallest absolute Gasteiger partial charge is 0.233 e. The van der Waals surface area contributed by atoms with E-state index in [2.05, 4.69) is 20.8 Å². The topological polar surface area (TPSA) is 104 Å². The van der Waals surface area contributed by atoms with Crippen molar-refractivity contribution in [1.29, 1.82) is 5.26 Å². The molecule has 1 rings (SSSR count). The first kappa shape index (κ1) is 12.1. The van der Waals surface area contributed by atoms with Gasteiger partial charge in [-0.15, -0.1) is 0 Å². The van der Waals surface area contributed by atoms with Crippen LogP contribution in [0.3, 0.4) is 0 Å². The Kier molecular flexibility index (Phi) is 5.58. The molecule has 0 saturated carbocycles. The van der Waals surface area contributed by atoms with E-state index >= 15 is 0 Å². The monoisotopic (exact) mass is 223 g/mol. The van der Waals surface area contributed by atoms with E-state index < -0.39 is 0 Å². The number of hydrogen-bond acceptors (Lipinski definition) is 6. The summed E-state index contributed by atoms with van der Waals surface area (Å²) in [5, 5.41) is 17.3. The molecule has 0 spiro atoms. The quantitative estimate of drug-likeness (QED) is 0.588. The molecule has 1 amide bonds. The predicted molar refractivity (Wildman–Crippen MR) is 54.1 cm³/mol. The van der Waals surface area contributed by atoms with Gasteiger partial charge in [0.25, 0.3) is 0 Å². The fourth-order valence-corrected chi connectivity index (χ4v) is 1.02. The molecule has 7 heteroatoms. The van der Waals surface area contributed by atoms with E-state index in [4.69, 9.17) is 9.78 Å². The zero-order valence-electron chi connectivity index (χ0n) is 8.77. The van der Waals surface area contributed by atoms with Gasteiger partial charge in [-0.2, -0.15) is 10.2 Å². The lowest BCUT2D eigenvalue weighted by Crippen LogP contribution is -2.35. The fraction of sp³-hybridized carbons (Fsp3) is 0.556. The van der Waals surface area contributed by atoms with E-state index in [0.717, 1.165) is 0 Å². The first-order valence-electron chi connectivity index (χ1n) is 4.93. The summed E-state index contributed by atoms with van der Waals surface area (Å²) < 4.78 is 4.78. The molecule has 86 valence electrons. The first-order valence-corrected chi connectivity index (χ1v) is 4.93. The Bertz CT molecular complexity index is 343. The second-order valence-electron chi connectivity index (χ2n) is 3.02. The van der Waals surface area contributed by atoms with Gasteiger partial charge in [0.2, 0.25) is 11.8 Å². The molecule has 1 aromatic rings. The highest BCUT2D eigenvalue weighted by Crippen LogP contribution is 1.89. The third-order valence-electron chi connectivity index (χ3n) is 1.77. The van der Waals surface area contributed by atoms with Crippen molar-refractivity contribution in [1.82, 2.24) is 20.8 Å². The van der Waals surface area contributed by atoms with Crippen LogP contribution in [-0.2, 0) is 11.2 Å². The number of carbonyl (C=O) groups excluding carboxylic acids is 1. The molecule has 0 saturated heterocycles. The Hall–Kier alpha value is -1.94. The Morgan fingerprint density at radius 1 is 1.56 bits per heavy atom. The Morgan fingerprint density at radius 3 is 3.12 bits per heavy atom. The summed E-state index contributed by atoms with van der Waals surface area (Å²) in [6.07, 6.45) is 2.25. The number of aromatic nitrogens is 2. The summed E-state index contributed by atoms with van der Waals surface area (Å²) in [5.41, 5.74) is 0. The Labute approximate surface area is 92.8 Å². The van der Waals surface area contributed by atoms with Crippen LogP contribution < -0.4 is 10.6 Å². The highest BCUT2D eigenvalue weighted by molar-refractivity contribution is 5.77. The van der Waals surface area contributed by atoms with Crippen LogP contribution in [0.5, 0.6) is 0 Å². The largest absolute Gasteiger partial charge is 0.354 e. The van der Waals surface area contributed by atoms with Gasteiger partial charge in [-0.3, -0.25) is 4.79 Å². The van der Waals surface area contributed by atoms with E-state index in [-0.39, 0.29) is 12.5 Å². The van der Waals surface area contributed by atoms with E-state index in [9.17, 15) is 4.79 Å². The molecule has 0 bridgehead atoms.